The van der Waals surface area contributed by atoms with E-state index >= 15 is 0 Å². The molecule has 2 aromatic carbocycles. The van der Waals surface area contributed by atoms with Crippen molar-refractivity contribution in [2.75, 3.05) is 6.26 Å². The summed E-state index contributed by atoms with van der Waals surface area (Å²) in [6, 6.07) is 15.9. The van der Waals surface area contributed by atoms with Crippen LogP contribution in [-0.2, 0) is 4.79 Å². The molecule has 0 saturated carbocycles. The van der Waals surface area contributed by atoms with Crippen molar-refractivity contribution in [1.29, 1.82) is 5.26 Å². The fourth-order valence-corrected chi connectivity index (χ4v) is 3.76. The second kappa shape index (κ2) is 7.23. The number of hydrogen-bond donors (Lipinski definition) is 1. The Kier molecular flexibility index (Phi) is 5.01. The Hall–Kier alpha value is -2.77. The summed E-state index contributed by atoms with van der Waals surface area (Å²) in [5, 5.41) is 18.7. The van der Waals surface area contributed by atoms with Gasteiger partial charge in [-0.05, 0) is 83.9 Å². The molecular weight excluding hydrogens is 342 g/mol. The molecule has 0 saturated heterocycles. The molecule has 0 heterocycles. The van der Waals surface area contributed by atoms with Crippen molar-refractivity contribution < 1.29 is 9.90 Å². The van der Waals surface area contributed by atoms with Gasteiger partial charge >= 0.3 is 5.97 Å². The molecule has 26 heavy (non-hydrogen) atoms. The lowest BCUT2D eigenvalue weighted by molar-refractivity contribution is -0.139. The zero-order chi connectivity index (χ0) is 18.8. The number of carboxylic acid groups (broad SMARTS) is 1. The molecule has 4 heteroatoms. The van der Waals surface area contributed by atoms with Gasteiger partial charge in [0.1, 0.15) is 0 Å². The van der Waals surface area contributed by atoms with E-state index in [1.165, 1.54) is 4.90 Å². The van der Waals surface area contributed by atoms with Crippen LogP contribution >= 0.6 is 11.8 Å². The fourth-order valence-electron chi connectivity index (χ4n) is 3.35. The van der Waals surface area contributed by atoms with E-state index in [2.05, 4.69) is 36.4 Å². The van der Waals surface area contributed by atoms with Gasteiger partial charge in [0.15, 0.2) is 0 Å². The smallest absolute Gasteiger partial charge is 0.310 e. The van der Waals surface area contributed by atoms with Crippen LogP contribution in [0.4, 0.5) is 0 Å². The standard InChI is InChI=1S/C22H19NO2S/c1-13-19(10-15-4-7-17(26-3)8-5-15)18-9-6-16(12-23)11-20(18)21(13)14(2)22(24)25/h4-11,14H,1-3H3,(H,24,25)/b19-10+. The average Bonchev–Trinajstić information content (AvgIpc) is 2.92. The summed E-state index contributed by atoms with van der Waals surface area (Å²) in [7, 11) is 0. The molecular formula is C22H19NO2S. The van der Waals surface area contributed by atoms with Gasteiger partial charge in [-0.3, -0.25) is 4.79 Å². The molecule has 0 aliphatic heterocycles. The summed E-state index contributed by atoms with van der Waals surface area (Å²) in [6.45, 7) is 3.66. The van der Waals surface area contributed by atoms with E-state index in [1.54, 1.807) is 30.8 Å². The Morgan fingerprint density at radius 3 is 2.46 bits per heavy atom. The minimum atomic E-state index is -0.863. The summed E-state index contributed by atoms with van der Waals surface area (Å²) in [4.78, 5) is 12.8. The third kappa shape index (κ3) is 3.18. The summed E-state index contributed by atoms with van der Waals surface area (Å²) >= 11 is 1.70. The van der Waals surface area contributed by atoms with Gasteiger partial charge < -0.3 is 5.11 Å². The first kappa shape index (κ1) is 18.0. The minimum absolute atomic E-state index is 0.539. The largest absolute Gasteiger partial charge is 0.481 e. The molecule has 0 aromatic heterocycles. The second-order valence-electron chi connectivity index (χ2n) is 6.30. The van der Waals surface area contributed by atoms with Gasteiger partial charge in [-0.15, -0.1) is 11.8 Å². The quantitative estimate of drug-likeness (QED) is 0.748. The van der Waals surface area contributed by atoms with E-state index < -0.39 is 11.9 Å². The number of benzene rings is 2. The third-order valence-electron chi connectivity index (χ3n) is 4.77. The fraction of sp³-hybridized carbons (Fsp3) is 0.182. The molecule has 0 spiro atoms. The molecule has 1 aliphatic carbocycles. The molecule has 1 unspecified atom stereocenters. The monoisotopic (exact) mass is 361 g/mol. The molecule has 1 aliphatic rings. The number of hydrogen-bond acceptors (Lipinski definition) is 3. The molecule has 0 radical (unpaired) electrons. The normalized spacial score (nSPS) is 15.7. The molecule has 3 rings (SSSR count). The van der Waals surface area contributed by atoms with Gasteiger partial charge in [0, 0.05) is 4.90 Å². The number of carbonyl (C=O) groups is 1. The maximum Gasteiger partial charge on any atom is 0.310 e. The number of fused-ring (bicyclic) bond motifs is 1. The van der Waals surface area contributed by atoms with Gasteiger partial charge in [0.2, 0.25) is 0 Å². The first-order chi connectivity index (χ1) is 12.5. The number of carboxylic acids is 1. The number of nitrogens with zero attached hydrogens (tertiary/aromatic N) is 1. The number of rotatable bonds is 4. The van der Waals surface area contributed by atoms with Gasteiger partial charge in [-0.1, -0.05) is 18.2 Å². The molecule has 0 fully saturated rings. The van der Waals surface area contributed by atoms with Crippen molar-refractivity contribution in [3.63, 3.8) is 0 Å². The maximum atomic E-state index is 11.6. The van der Waals surface area contributed by atoms with Crippen molar-refractivity contribution in [1.82, 2.24) is 0 Å². The van der Waals surface area contributed by atoms with Crippen LogP contribution in [0.25, 0.3) is 17.2 Å². The summed E-state index contributed by atoms with van der Waals surface area (Å²) < 4.78 is 0. The van der Waals surface area contributed by atoms with E-state index in [1.807, 2.05) is 19.2 Å². The van der Waals surface area contributed by atoms with E-state index in [4.69, 9.17) is 0 Å². The highest BCUT2D eigenvalue weighted by Crippen LogP contribution is 2.45. The lowest BCUT2D eigenvalue weighted by atomic mass is 9.93. The average molecular weight is 361 g/mol. The van der Waals surface area contributed by atoms with E-state index in [-0.39, 0.29) is 0 Å². The molecule has 130 valence electrons. The summed E-state index contributed by atoms with van der Waals surface area (Å²) in [6.07, 6.45) is 4.13. The predicted octanol–water partition coefficient (Wildman–Crippen LogP) is 5.33. The number of thioether (sulfide) groups is 1. The van der Waals surface area contributed by atoms with Crippen LogP contribution < -0.4 is 0 Å². The SMILES string of the molecule is CSc1ccc(/C=C2\C(C)=C(C(C)C(=O)O)c3cc(C#N)ccc32)cc1. The Morgan fingerprint density at radius 1 is 1.19 bits per heavy atom. The molecule has 0 bridgehead atoms. The van der Waals surface area contributed by atoms with Crippen LogP contribution in [0.2, 0.25) is 0 Å². The van der Waals surface area contributed by atoms with Gasteiger partial charge in [-0.2, -0.15) is 5.26 Å². The lowest BCUT2D eigenvalue weighted by Crippen LogP contribution is -2.11. The summed E-state index contributed by atoms with van der Waals surface area (Å²) in [5.74, 6) is -1.49. The molecule has 1 N–H and O–H groups in total. The van der Waals surface area contributed by atoms with Crippen molar-refractivity contribution >= 4 is 35.0 Å². The van der Waals surface area contributed by atoms with Crippen LogP contribution in [0.3, 0.4) is 0 Å². The highest BCUT2D eigenvalue weighted by Gasteiger charge is 2.30. The Balaban J connectivity index is 2.18. The predicted molar refractivity (Wildman–Crippen MR) is 107 cm³/mol. The van der Waals surface area contributed by atoms with Gasteiger partial charge in [0.05, 0.1) is 17.6 Å². The Bertz CT molecular complexity index is 978. The van der Waals surface area contributed by atoms with Crippen molar-refractivity contribution in [3.05, 3.63) is 70.3 Å². The summed E-state index contributed by atoms with van der Waals surface area (Å²) in [5.41, 5.74) is 6.20. The maximum absolute atomic E-state index is 11.6. The molecule has 0 amide bonds. The molecule has 3 nitrogen and oxygen atoms in total. The van der Waals surface area contributed by atoms with Gasteiger partial charge in [0.25, 0.3) is 0 Å². The molecule has 2 aromatic rings. The first-order valence-corrected chi connectivity index (χ1v) is 9.53. The Morgan fingerprint density at radius 2 is 1.88 bits per heavy atom. The first-order valence-electron chi connectivity index (χ1n) is 8.31. The highest BCUT2D eigenvalue weighted by molar-refractivity contribution is 7.98. The van der Waals surface area contributed by atoms with Crippen molar-refractivity contribution in [2.24, 2.45) is 5.92 Å². The zero-order valence-electron chi connectivity index (χ0n) is 14.9. The lowest BCUT2D eigenvalue weighted by Gasteiger charge is -2.11. The molecule has 1 atom stereocenters. The Labute approximate surface area is 157 Å². The van der Waals surface area contributed by atoms with Crippen molar-refractivity contribution in [3.8, 4) is 6.07 Å². The van der Waals surface area contributed by atoms with Crippen molar-refractivity contribution in [2.45, 2.75) is 18.7 Å². The highest BCUT2D eigenvalue weighted by atomic mass is 32.2. The van der Waals surface area contributed by atoms with E-state index in [0.29, 0.717) is 5.56 Å². The van der Waals surface area contributed by atoms with Crippen LogP contribution in [0.5, 0.6) is 0 Å². The van der Waals surface area contributed by atoms with E-state index in [9.17, 15) is 15.2 Å². The number of allylic oxidation sites excluding steroid dienone is 2. The van der Waals surface area contributed by atoms with Crippen LogP contribution in [-0.4, -0.2) is 17.3 Å². The van der Waals surface area contributed by atoms with Crippen LogP contribution in [0, 0.1) is 17.2 Å². The second-order valence-corrected chi connectivity index (χ2v) is 7.18. The number of nitriles is 1. The van der Waals surface area contributed by atoms with Crippen LogP contribution in [0.15, 0.2) is 52.9 Å². The number of aliphatic carboxylic acids is 1. The zero-order valence-corrected chi connectivity index (χ0v) is 15.7. The van der Waals surface area contributed by atoms with Gasteiger partial charge in [-0.25, -0.2) is 0 Å². The topological polar surface area (TPSA) is 61.1 Å². The third-order valence-corrected chi connectivity index (χ3v) is 5.51. The minimum Gasteiger partial charge on any atom is -0.481 e. The van der Waals surface area contributed by atoms with Crippen LogP contribution in [0.1, 0.15) is 36.1 Å². The van der Waals surface area contributed by atoms with E-state index in [0.717, 1.165) is 33.4 Å².